The smallest absolute Gasteiger partial charge is 0.228 e. The van der Waals surface area contributed by atoms with E-state index >= 15 is 0 Å². The molecule has 0 spiro atoms. The highest BCUT2D eigenvalue weighted by Gasteiger charge is 2.04. The summed E-state index contributed by atoms with van der Waals surface area (Å²) in [5, 5.41) is 2.95. The molecule has 0 radical (unpaired) electrons. The predicted molar refractivity (Wildman–Crippen MR) is 115 cm³/mol. The molecule has 27 heavy (non-hydrogen) atoms. The maximum Gasteiger partial charge on any atom is 0.228 e. The Hall–Kier alpha value is -3.33. The topological polar surface area (TPSA) is 32.3 Å². The third-order valence-corrected chi connectivity index (χ3v) is 4.28. The van der Waals surface area contributed by atoms with Crippen LogP contribution in [0.3, 0.4) is 0 Å². The first kappa shape index (κ1) is 18.5. The molecule has 3 aromatic carbocycles. The van der Waals surface area contributed by atoms with E-state index in [4.69, 9.17) is 0 Å². The number of carbonyl (C=O) groups excluding carboxylic acids is 1. The van der Waals surface area contributed by atoms with E-state index < -0.39 is 0 Å². The minimum atomic E-state index is -0.0137. The van der Waals surface area contributed by atoms with E-state index in [0.717, 1.165) is 22.5 Å². The fraction of sp³-hybridized carbons (Fsp3) is 0.125. The summed E-state index contributed by atoms with van der Waals surface area (Å²) in [5.41, 5.74) is 5.19. The van der Waals surface area contributed by atoms with Crippen molar-refractivity contribution in [2.45, 2.75) is 6.42 Å². The number of benzene rings is 3. The normalized spacial score (nSPS) is 10.7. The van der Waals surface area contributed by atoms with Gasteiger partial charge in [-0.05, 0) is 41.0 Å². The van der Waals surface area contributed by atoms with Crippen LogP contribution in [-0.2, 0) is 11.2 Å². The fourth-order valence-electron chi connectivity index (χ4n) is 2.74. The Morgan fingerprint density at radius 1 is 0.815 bits per heavy atom. The molecule has 0 bridgehead atoms. The molecule has 0 aromatic heterocycles. The summed E-state index contributed by atoms with van der Waals surface area (Å²) in [7, 11) is 3.98. The molecule has 0 aliphatic carbocycles. The van der Waals surface area contributed by atoms with Crippen molar-refractivity contribution >= 4 is 29.4 Å². The van der Waals surface area contributed by atoms with E-state index in [-0.39, 0.29) is 5.91 Å². The number of amides is 1. The molecule has 136 valence electrons. The lowest BCUT2D eigenvalue weighted by atomic mass is 10.1. The number of nitrogens with zero attached hydrogens (tertiary/aromatic N) is 1. The number of nitrogens with one attached hydrogen (secondary N) is 1. The molecule has 0 aliphatic heterocycles. The summed E-state index contributed by atoms with van der Waals surface area (Å²) < 4.78 is 0. The molecule has 3 heteroatoms. The van der Waals surface area contributed by atoms with E-state index in [9.17, 15) is 4.79 Å². The largest absolute Gasteiger partial charge is 0.378 e. The summed E-state index contributed by atoms with van der Waals surface area (Å²) >= 11 is 0. The average Bonchev–Trinajstić information content (AvgIpc) is 2.68. The van der Waals surface area contributed by atoms with Gasteiger partial charge in [-0.25, -0.2) is 0 Å². The monoisotopic (exact) mass is 356 g/mol. The number of carbonyl (C=O) groups is 1. The Bertz CT molecular complexity index is 895. The van der Waals surface area contributed by atoms with Gasteiger partial charge in [0.15, 0.2) is 0 Å². The number of anilines is 2. The molecule has 0 unspecified atom stereocenters. The van der Waals surface area contributed by atoms with Gasteiger partial charge in [-0.2, -0.15) is 0 Å². The highest BCUT2D eigenvalue weighted by Crippen LogP contribution is 2.16. The van der Waals surface area contributed by atoms with Crippen LogP contribution in [0.25, 0.3) is 12.2 Å². The first-order valence-electron chi connectivity index (χ1n) is 8.99. The number of hydrogen-bond donors (Lipinski definition) is 1. The molecule has 3 nitrogen and oxygen atoms in total. The zero-order chi connectivity index (χ0) is 19.1. The Morgan fingerprint density at radius 2 is 1.41 bits per heavy atom. The second-order valence-electron chi connectivity index (χ2n) is 6.65. The van der Waals surface area contributed by atoms with Crippen molar-refractivity contribution in [2.24, 2.45) is 0 Å². The zero-order valence-electron chi connectivity index (χ0n) is 15.7. The lowest BCUT2D eigenvalue weighted by Gasteiger charge is -2.13. The molecule has 0 heterocycles. The van der Waals surface area contributed by atoms with Crippen molar-refractivity contribution in [2.75, 3.05) is 24.3 Å². The lowest BCUT2D eigenvalue weighted by Crippen LogP contribution is -2.14. The van der Waals surface area contributed by atoms with Gasteiger partial charge in [0.2, 0.25) is 5.91 Å². The molecule has 0 aliphatic rings. The molecule has 3 rings (SSSR count). The molecule has 0 atom stereocenters. The summed E-state index contributed by atoms with van der Waals surface area (Å²) in [6.45, 7) is 0. The molecular weight excluding hydrogens is 332 g/mol. The fourth-order valence-corrected chi connectivity index (χ4v) is 2.74. The van der Waals surface area contributed by atoms with Crippen LogP contribution in [0.4, 0.5) is 11.4 Å². The summed E-state index contributed by atoms with van der Waals surface area (Å²) in [4.78, 5) is 14.3. The van der Waals surface area contributed by atoms with Crippen molar-refractivity contribution in [3.63, 3.8) is 0 Å². The van der Waals surface area contributed by atoms with Crippen LogP contribution in [0.2, 0.25) is 0 Å². The van der Waals surface area contributed by atoms with Crippen LogP contribution < -0.4 is 10.2 Å². The Balaban J connectivity index is 1.56. The van der Waals surface area contributed by atoms with E-state index in [2.05, 4.69) is 29.6 Å². The second kappa shape index (κ2) is 8.86. The Labute approximate surface area is 161 Å². The van der Waals surface area contributed by atoms with Crippen LogP contribution in [0.5, 0.6) is 0 Å². The molecule has 3 aromatic rings. The van der Waals surface area contributed by atoms with E-state index in [1.54, 1.807) is 0 Å². The van der Waals surface area contributed by atoms with Crippen LogP contribution in [0.1, 0.15) is 16.7 Å². The van der Waals surface area contributed by atoms with Gasteiger partial charge < -0.3 is 10.2 Å². The van der Waals surface area contributed by atoms with Crippen molar-refractivity contribution in [3.8, 4) is 0 Å². The number of rotatable bonds is 6. The van der Waals surface area contributed by atoms with Gasteiger partial charge in [0.05, 0.1) is 6.42 Å². The maximum atomic E-state index is 12.3. The van der Waals surface area contributed by atoms with E-state index in [0.29, 0.717) is 6.42 Å². The van der Waals surface area contributed by atoms with Crippen molar-refractivity contribution in [1.29, 1.82) is 0 Å². The van der Waals surface area contributed by atoms with Gasteiger partial charge in [-0.1, -0.05) is 66.7 Å². The molecule has 1 amide bonds. The molecule has 0 fully saturated rings. The minimum absolute atomic E-state index is 0.0137. The maximum absolute atomic E-state index is 12.3. The Morgan fingerprint density at radius 3 is 2.00 bits per heavy atom. The van der Waals surface area contributed by atoms with E-state index in [1.165, 1.54) is 5.56 Å². The van der Waals surface area contributed by atoms with Gasteiger partial charge in [0, 0.05) is 25.5 Å². The van der Waals surface area contributed by atoms with Crippen molar-refractivity contribution < 1.29 is 4.79 Å². The van der Waals surface area contributed by atoms with Gasteiger partial charge in [-0.15, -0.1) is 0 Å². The molecule has 1 N–H and O–H groups in total. The van der Waals surface area contributed by atoms with Gasteiger partial charge in [0.1, 0.15) is 0 Å². The minimum Gasteiger partial charge on any atom is -0.378 e. The number of hydrogen-bond acceptors (Lipinski definition) is 2. The van der Waals surface area contributed by atoms with Gasteiger partial charge in [0.25, 0.3) is 0 Å². The van der Waals surface area contributed by atoms with Crippen LogP contribution >= 0.6 is 0 Å². The molecule has 0 saturated heterocycles. The molecule has 0 saturated carbocycles. The second-order valence-corrected chi connectivity index (χ2v) is 6.65. The van der Waals surface area contributed by atoms with Gasteiger partial charge >= 0.3 is 0 Å². The highest BCUT2D eigenvalue weighted by molar-refractivity contribution is 5.92. The summed E-state index contributed by atoms with van der Waals surface area (Å²) in [5.74, 6) is -0.0137. The highest BCUT2D eigenvalue weighted by atomic mass is 16.1. The third kappa shape index (κ3) is 5.58. The first-order valence-corrected chi connectivity index (χ1v) is 8.99. The zero-order valence-corrected chi connectivity index (χ0v) is 15.7. The van der Waals surface area contributed by atoms with Gasteiger partial charge in [-0.3, -0.25) is 4.79 Å². The predicted octanol–water partition coefficient (Wildman–Crippen LogP) is 5.10. The van der Waals surface area contributed by atoms with Crippen LogP contribution in [-0.4, -0.2) is 20.0 Å². The third-order valence-electron chi connectivity index (χ3n) is 4.28. The van der Waals surface area contributed by atoms with Crippen LogP contribution in [0.15, 0.2) is 78.9 Å². The Kier molecular flexibility index (Phi) is 6.06. The average molecular weight is 356 g/mol. The van der Waals surface area contributed by atoms with Crippen molar-refractivity contribution in [1.82, 2.24) is 0 Å². The quantitative estimate of drug-likeness (QED) is 0.623. The summed E-state index contributed by atoms with van der Waals surface area (Å²) in [6.07, 6.45) is 4.52. The lowest BCUT2D eigenvalue weighted by molar-refractivity contribution is -0.115. The standard InChI is InChI=1S/C24H24N2O/c1-26(2)23-16-14-22(15-17-23)25-24(27)18-21-12-10-20(11-13-21)9-8-19-6-4-3-5-7-19/h3-17H,18H2,1-2H3,(H,25,27)/b9-8+. The van der Waals surface area contributed by atoms with Crippen LogP contribution in [0, 0.1) is 0 Å². The van der Waals surface area contributed by atoms with E-state index in [1.807, 2.05) is 85.7 Å². The SMILES string of the molecule is CN(C)c1ccc(NC(=O)Cc2ccc(/C=C/c3ccccc3)cc2)cc1. The first-order chi connectivity index (χ1) is 13.1. The van der Waals surface area contributed by atoms with Crippen molar-refractivity contribution in [3.05, 3.63) is 95.6 Å². The summed E-state index contributed by atoms with van der Waals surface area (Å²) in [6, 6.07) is 26.1. The molecular formula is C24H24N2O.